The van der Waals surface area contributed by atoms with Gasteiger partial charge in [-0.15, -0.1) is 11.3 Å². The molecule has 0 bridgehead atoms. The van der Waals surface area contributed by atoms with Crippen molar-refractivity contribution < 1.29 is 33.2 Å². The summed E-state index contributed by atoms with van der Waals surface area (Å²) in [5, 5.41) is 10.3. The number of thiophene rings is 1. The van der Waals surface area contributed by atoms with E-state index in [2.05, 4.69) is 31.8 Å². The number of carbonyl (C=O) groups is 1. The number of carboxylic acids is 1. The second-order valence-electron chi connectivity index (χ2n) is 14.8. The number of hydrogen-bond acceptors (Lipinski definition) is 12. The molecule has 0 unspecified atom stereocenters. The van der Waals surface area contributed by atoms with Gasteiger partial charge in [-0.3, -0.25) is 9.69 Å². The summed E-state index contributed by atoms with van der Waals surface area (Å²) in [4.78, 5) is 36.1. The number of halogens is 2. The Kier molecular flexibility index (Phi) is 13.2. The van der Waals surface area contributed by atoms with E-state index in [1.54, 1.807) is 37.6 Å². The molecule has 12 nitrogen and oxygen atoms in total. The van der Waals surface area contributed by atoms with Crippen LogP contribution in [0.25, 0.3) is 43.2 Å². The predicted molar refractivity (Wildman–Crippen MR) is 238 cm³/mol. The molecule has 4 aromatic carbocycles. The normalized spacial score (nSPS) is 13.3. The summed E-state index contributed by atoms with van der Waals surface area (Å²) in [6.45, 7) is 7.44. The van der Waals surface area contributed by atoms with Gasteiger partial charge < -0.3 is 29.0 Å². The highest BCUT2D eigenvalue weighted by molar-refractivity contribution is 7.22. The van der Waals surface area contributed by atoms with Crippen LogP contribution >= 0.6 is 22.9 Å². The molecule has 62 heavy (non-hydrogen) atoms. The molecule has 8 rings (SSSR count). The number of likely N-dealkylation sites (N-methyl/N-ethyl adjacent to an activating group) is 1. The van der Waals surface area contributed by atoms with Gasteiger partial charge in [-0.25, -0.2) is 24.3 Å². The third-order valence-corrected chi connectivity index (χ3v) is 12.4. The first-order chi connectivity index (χ1) is 30.2. The topological polar surface area (TPSA) is 132 Å². The summed E-state index contributed by atoms with van der Waals surface area (Å²) in [6, 6.07) is 24.8. The van der Waals surface area contributed by atoms with Crippen LogP contribution in [0.2, 0.25) is 5.02 Å². The second kappa shape index (κ2) is 19.2. The van der Waals surface area contributed by atoms with Crippen molar-refractivity contribution in [2.45, 2.75) is 26.4 Å². The lowest BCUT2D eigenvalue weighted by molar-refractivity contribution is -0.136. The fraction of sp³-hybridized carbons (Fsp3) is 0.255. The fourth-order valence-corrected chi connectivity index (χ4v) is 8.75. The lowest BCUT2D eigenvalue weighted by Gasteiger charge is -2.32. The Morgan fingerprint density at radius 2 is 1.68 bits per heavy atom. The highest BCUT2D eigenvalue weighted by atomic mass is 35.5. The molecule has 1 saturated heterocycles. The average molecular weight is 875 g/mol. The number of methoxy groups -OCH3 is 1. The van der Waals surface area contributed by atoms with Crippen LogP contribution in [0.15, 0.2) is 97.5 Å². The molecule has 0 atom stereocenters. The number of ether oxygens (including phenoxy) is 4. The molecule has 318 valence electrons. The molecule has 0 spiro atoms. The van der Waals surface area contributed by atoms with Crippen molar-refractivity contribution in [3.63, 3.8) is 0 Å². The van der Waals surface area contributed by atoms with Crippen LogP contribution < -0.4 is 18.9 Å². The fourth-order valence-electron chi connectivity index (χ4n) is 7.38. The lowest BCUT2D eigenvalue weighted by atomic mass is 9.96. The molecule has 1 aliphatic rings. The van der Waals surface area contributed by atoms with Crippen molar-refractivity contribution in [3.8, 4) is 61.8 Å². The molecule has 0 amide bonds. The number of aliphatic carboxylic acids is 1. The molecule has 0 saturated carbocycles. The Hall–Kier alpha value is -6.19. The summed E-state index contributed by atoms with van der Waals surface area (Å²) >= 11 is 8.54. The van der Waals surface area contributed by atoms with Gasteiger partial charge in [-0.1, -0.05) is 54.1 Å². The monoisotopic (exact) mass is 874 g/mol. The molecule has 7 aromatic rings. The van der Waals surface area contributed by atoms with E-state index in [0.717, 1.165) is 65.4 Å². The number of carboxylic acid groups (broad SMARTS) is 1. The number of benzene rings is 4. The summed E-state index contributed by atoms with van der Waals surface area (Å²) in [6.07, 6.45) is 3.43. The Morgan fingerprint density at radius 1 is 0.887 bits per heavy atom. The van der Waals surface area contributed by atoms with Gasteiger partial charge in [0.2, 0.25) is 5.88 Å². The van der Waals surface area contributed by atoms with Gasteiger partial charge in [0.15, 0.2) is 17.3 Å². The molecule has 4 heterocycles. The van der Waals surface area contributed by atoms with E-state index in [1.165, 1.54) is 29.8 Å². The van der Waals surface area contributed by atoms with Gasteiger partial charge in [0.25, 0.3) is 0 Å². The number of fused-ring (bicyclic) bond motifs is 1. The van der Waals surface area contributed by atoms with Crippen LogP contribution in [0.3, 0.4) is 0 Å². The molecule has 15 heteroatoms. The first-order valence-corrected chi connectivity index (χ1v) is 21.3. The van der Waals surface area contributed by atoms with E-state index in [1.807, 2.05) is 55.5 Å². The first-order valence-electron chi connectivity index (χ1n) is 20.1. The smallest absolute Gasteiger partial charge is 0.303 e. The van der Waals surface area contributed by atoms with Gasteiger partial charge in [-0.2, -0.15) is 0 Å². The molecule has 1 aliphatic heterocycles. The number of piperazine rings is 1. The summed E-state index contributed by atoms with van der Waals surface area (Å²) < 4.78 is 39.3. The van der Waals surface area contributed by atoms with Crippen LogP contribution in [0, 0.1) is 12.7 Å². The van der Waals surface area contributed by atoms with Crippen LogP contribution in [0.4, 0.5) is 4.39 Å². The Morgan fingerprint density at radius 3 is 2.47 bits per heavy atom. The van der Waals surface area contributed by atoms with Crippen LogP contribution in [-0.2, 0) is 17.8 Å². The van der Waals surface area contributed by atoms with Gasteiger partial charge in [0.1, 0.15) is 41.7 Å². The van der Waals surface area contributed by atoms with E-state index < -0.39 is 5.97 Å². The molecule has 1 N–H and O–H groups in total. The summed E-state index contributed by atoms with van der Waals surface area (Å²) in [5.74, 6) is 1.36. The Bertz CT molecular complexity index is 2710. The number of nitrogens with zero attached hydrogens (tertiary/aromatic N) is 6. The van der Waals surface area contributed by atoms with Crippen molar-refractivity contribution in [2.24, 2.45) is 0 Å². The maximum atomic E-state index is 14.2. The second-order valence-corrected chi connectivity index (χ2v) is 16.2. The van der Waals surface area contributed by atoms with Crippen LogP contribution in [0.5, 0.6) is 28.9 Å². The zero-order valence-electron chi connectivity index (χ0n) is 34.4. The Balaban J connectivity index is 1.12. The largest absolute Gasteiger partial charge is 0.492 e. The van der Waals surface area contributed by atoms with Crippen LogP contribution in [-0.4, -0.2) is 94.3 Å². The summed E-state index contributed by atoms with van der Waals surface area (Å²) in [7, 11) is 3.68. The van der Waals surface area contributed by atoms with Gasteiger partial charge in [0.05, 0.1) is 28.8 Å². The maximum absolute atomic E-state index is 14.2. The zero-order chi connectivity index (χ0) is 43.2. The van der Waals surface area contributed by atoms with Crippen LogP contribution in [0.1, 0.15) is 23.2 Å². The van der Waals surface area contributed by atoms with Gasteiger partial charge in [0, 0.05) is 55.8 Å². The molecule has 0 radical (unpaired) electrons. The van der Waals surface area contributed by atoms with E-state index in [9.17, 15) is 14.3 Å². The third-order valence-electron chi connectivity index (χ3n) is 10.7. The predicted octanol–water partition coefficient (Wildman–Crippen LogP) is 9.61. The van der Waals surface area contributed by atoms with Crippen molar-refractivity contribution in [1.82, 2.24) is 29.7 Å². The molecule has 1 fully saturated rings. The SMILES string of the molecule is COc1c(Oc2ncnc3sc(-c4ccc(F)cc4)c(-c4ccc(OCCN5CCN(C)CC5)c(Cl)c4C)c23)cccc1-c1nccc(COc2ccccc2CCC(=O)O)n1. The van der Waals surface area contributed by atoms with Crippen molar-refractivity contribution in [1.29, 1.82) is 0 Å². The van der Waals surface area contributed by atoms with E-state index in [0.29, 0.717) is 68.3 Å². The maximum Gasteiger partial charge on any atom is 0.303 e. The first kappa shape index (κ1) is 42.5. The quantitative estimate of drug-likeness (QED) is 0.0992. The van der Waals surface area contributed by atoms with E-state index in [-0.39, 0.29) is 24.7 Å². The zero-order valence-corrected chi connectivity index (χ0v) is 36.0. The van der Waals surface area contributed by atoms with Crippen molar-refractivity contribution in [2.75, 3.05) is 53.5 Å². The molecule has 3 aromatic heterocycles. The highest BCUT2D eigenvalue weighted by Crippen LogP contribution is 2.50. The number of rotatable bonds is 16. The molecule has 0 aliphatic carbocycles. The van der Waals surface area contributed by atoms with Gasteiger partial charge in [-0.05, 0) is 85.1 Å². The number of aryl methyl sites for hydroxylation is 1. The standard InChI is InChI=1S/C47H44ClFN6O6S/c1-29-34(16-17-37(42(29)48)59-26-25-55-23-21-54(2)22-24-55)40-41-46(51-28-52-47(41)62-44(40)31-11-14-32(49)15-12-31)61-38-10-6-8-35(43(38)58-3)45-50-20-19-33(53-45)27-60-36-9-5-4-7-30(36)13-18-39(56)57/h4-12,14-17,19-20,28H,13,18,21-27H2,1-3H3,(H,56,57). The van der Waals surface area contributed by atoms with E-state index >= 15 is 0 Å². The third kappa shape index (κ3) is 9.48. The van der Waals surface area contributed by atoms with Crippen molar-refractivity contribution in [3.05, 3.63) is 125 Å². The Labute approximate surface area is 367 Å². The van der Waals surface area contributed by atoms with Crippen molar-refractivity contribution >= 4 is 39.1 Å². The number of aromatic nitrogens is 4. The highest BCUT2D eigenvalue weighted by Gasteiger charge is 2.26. The lowest BCUT2D eigenvalue weighted by Crippen LogP contribution is -2.45. The minimum absolute atomic E-state index is 0.00574. The molecular formula is C47H44ClFN6O6S. The number of para-hydroxylation sites is 2. The summed E-state index contributed by atoms with van der Waals surface area (Å²) in [5.41, 5.74) is 5.17. The van der Waals surface area contributed by atoms with E-state index in [4.69, 9.17) is 35.5 Å². The average Bonchev–Trinajstić information content (AvgIpc) is 3.68. The minimum Gasteiger partial charge on any atom is -0.492 e. The number of hydrogen-bond donors (Lipinski definition) is 1. The minimum atomic E-state index is -0.877. The molecular weight excluding hydrogens is 831 g/mol. The van der Waals surface area contributed by atoms with Gasteiger partial charge >= 0.3 is 5.97 Å².